The topological polar surface area (TPSA) is 49.6 Å². The van der Waals surface area contributed by atoms with Crippen LogP contribution in [-0.4, -0.2) is 42.4 Å². The van der Waals surface area contributed by atoms with Crippen LogP contribution >= 0.6 is 11.6 Å². The van der Waals surface area contributed by atoms with Crippen molar-refractivity contribution < 1.29 is 4.79 Å². The summed E-state index contributed by atoms with van der Waals surface area (Å²) in [6.45, 7) is 2.95. The van der Waals surface area contributed by atoms with E-state index in [0.717, 1.165) is 31.5 Å². The monoisotopic (exact) mass is 281 g/mol. The molecule has 1 aromatic rings. The van der Waals surface area contributed by atoms with Crippen molar-refractivity contribution in [2.75, 3.05) is 32.4 Å². The first-order chi connectivity index (χ1) is 9.06. The van der Waals surface area contributed by atoms with Gasteiger partial charge in [0.05, 0.1) is 17.3 Å². The lowest BCUT2D eigenvalue weighted by atomic mass is 10.2. The molecule has 1 saturated heterocycles. The summed E-state index contributed by atoms with van der Waals surface area (Å²) in [6.07, 6.45) is 2.26. The van der Waals surface area contributed by atoms with E-state index in [1.807, 2.05) is 29.0 Å². The highest BCUT2D eigenvalue weighted by molar-refractivity contribution is 6.33. The average Bonchev–Trinajstić information content (AvgIpc) is 2.87. The van der Waals surface area contributed by atoms with Gasteiger partial charge >= 0.3 is 0 Å². The lowest BCUT2D eigenvalue weighted by molar-refractivity contribution is -0.131. The zero-order chi connectivity index (χ0) is 13.8. The van der Waals surface area contributed by atoms with E-state index in [0.29, 0.717) is 23.8 Å². The van der Waals surface area contributed by atoms with Gasteiger partial charge < -0.3 is 10.6 Å². The summed E-state index contributed by atoms with van der Waals surface area (Å²) in [6, 6.07) is 5.59. The van der Waals surface area contributed by atoms with E-state index >= 15 is 0 Å². The maximum atomic E-state index is 12.0. The molecular formula is C14H20ClN3O. The molecule has 0 bridgehead atoms. The second-order valence-electron chi connectivity index (χ2n) is 5.12. The smallest absolute Gasteiger partial charge is 0.236 e. The molecule has 0 spiro atoms. The van der Waals surface area contributed by atoms with Crippen molar-refractivity contribution in [3.8, 4) is 0 Å². The Labute approximate surface area is 119 Å². The SMILES string of the molecule is CN(CC(=O)N1CCCC1)Cc1ccc(Cl)c(N)c1. The molecule has 1 aliphatic rings. The minimum Gasteiger partial charge on any atom is -0.398 e. The molecule has 1 aromatic carbocycles. The maximum Gasteiger partial charge on any atom is 0.236 e. The predicted molar refractivity (Wildman–Crippen MR) is 78.0 cm³/mol. The van der Waals surface area contributed by atoms with Crippen molar-refractivity contribution in [3.63, 3.8) is 0 Å². The van der Waals surface area contributed by atoms with Gasteiger partial charge in [-0.05, 0) is 37.6 Å². The summed E-state index contributed by atoms with van der Waals surface area (Å²) >= 11 is 5.89. The number of nitrogen functional groups attached to an aromatic ring is 1. The molecule has 2 N–H and O–H groups in total. The largest absolute Gasteiger partial charge is 0.398 e. The molecule has 4 nitrogen and oxygen atoms in total. The molecule has 1 aliphatic heterocycles. The lowest BCUT2D eigenvalue weighted by Crippen LogP contribution is -2.36. The molecule has 1 fully saturated rings. The van der Waals surface area contributed by atoms with Crippen molar-refractivity contribution in [2.24, 2.45) is 0 Å². The van der Waals surface area contributed by atoms with E-state index < -0.39 is 0 Å². The third-order valence-electron chi connectivity index (χ3n) is 3.38. The van der Waals surface area contributed by atoms with Crippen LogP contribution in [0.1, 0.15) is 18.4 Å². The number of nitrogens with zero attached hydrogens (tertiary/aromatic N) is 2. The molecule has 0 radical (unpaired) electrons. The van der Waals surface area contributed by atoms with Crippen molar-refractivity contribution in [1.82, 2.24) is 9.80 Å². The molecule has 0 atom stereocenters. The van der Waals surface area contributed by atoms with E-state index in [9.17, 15) is 4.79 Å². The third kappa shape index (κ3) is 3.85. The highest BCUT2D eigenvalue weighted by Gasteiger charge is 2.19. The summed E-state index contributed by atoms with van der Waals surface area (Å²) in [5.41, 5.74) is 7.42. The van der Waals surface area contributed by atoms with E-state index in [-0.39, 0.29) is 5.91 Å². The van der Waals surface area contributed by atoms with Gasteiger partial charge in [-0.2, -0.15) is 0 Å². The number of likely N-dealkylation sites (N-methyl/N-ethyl adjacent to an activating group) is 1. The van der Waals surface area contributed by atoms with Crippen LogP contribution in [0.3, 0.4) is 0 Å². The van der Waals surface area contributed by atoms with Gasteiger partial charge in [0.25, 0.3) is 0 Å². The van der Waals surface area contributed by atoms with Crippen LogP contribution in [0, 0.1) is 0 Å². The number of hydrogen-bond donors (Lipinski definition) is 1. The van der Waals surface area contributed by atoms with E-state index in [1.165, 1.54) is 0 Å². The summed E-state index contributed by atoms with van der Waals surface area (Å²) in [5, 5.41) is 0.569. The fourth-order valence-electron chi connectivity index (χ4n) is 2.36. The highest BCUT2D eigenvalue weighted by atomic mass is 35.5. The van der Waals surface area contributed by atoms with Crippen molar-refractivity contribution in [3.05, 3.63) is 28.8 Å². The first-order valence-corrected chi connectivity index (χ1v) is 6.94. The second kappa shape index (κ2) is 6.26. The molecule has 104 valence electrons. The van der Waals surface area contributed by atoms with Crippen LogP contribution in [0.25, 0.3) is 0 Å². The second-order valence-corrected chi connectivity index (χ2v) is 5.52. The summed E-state index contributed by atoms with van der Waals surface area (Å²) in [4.78, 5) is 15.9. The summed E-state index contributed by atoms with van der Waals surface area (Å²) < 4.78 is 0. The molecule has 19 heavy (non-hydrogen) atoms. The number of carbonyl (C=O) groups is 1. The molecule has 1 amide bonds. The fraction of sp³-hybridized carbons (Fsp3) is 0.500. The van der Waals surface area contributed by atoms with Crippen LogP contribution < -0.4 is 5.73 Å². The Hall–Kier alpha value is -1.26. The zero-order valence-electron chi connectivity index (χ0n) is 11.2. The van der Waals surface area contributed by atoms with E-state index in [4.69, 9.17) is 17.3 Å². The van der Waals surface area contributed by atoms with Gasteiger partial charge in [0.2, 0.25) is 5.91 Å². The number of nitrogens with two attached hydrogens (primary N) is 1. The minimum atomic E-state index is 0.210. The van der Waals surface area contributed by atoms with Crippen LogP contribution in [0.4, 0.5) is 5.69 Å². The number of carbonyl (C=O) groups excluding carboxylic acids is 1. The van der Waals surface area contributed by atoms with Gasteiger partial charge in [-0.3, -0.25) is 9.69 Å². The van der Waals surface area contributed by atoms with Gasteiger partial charge in [0, 0.05) is 19.6 Å². The average molecular weight is 282 g/mol. The number of halogens is 1. The fourth-order valence-corrected chi connectivity index (χ4v) is 2.47. The third-order valence-corrected chi connectivity index (χ3v) is 3.72. The molecular weight excluding hydrogens is 262 g/mol. The molecule has 0 aliphatic carbocycles. The molecule has 0 saturated carbocycles. The number of anilines is 1. The first kappa shape index (κ1) is 14.2. The molecule has 2 rings (SSSR count). The molecule has 1 heterocycles. The molecule has 0 aromatic heterocycles. The predicted octanol–water partition coefficient (Wildman–Crippen LogP) is 1.98. The van der Waals surface area contributed by atoms with Crippen molar-refractivity contribution >= 4 is 23.2 Å². The standard InChI is InChI=1S/C14H20ClN3O/c1-17(10-14(19)18-6-2-3-7-18)9-11-4-5-12(15)13(16)8-11/h4-5,8H,2-3,6-7,9-10,16H2,1H3. The van der Waals surface area contributed by atoms with Crippen LogP contribution in [0.5, 0.6) is 0 Å². The Balaban J connectivity index is 1.87. The number of likely N-dealkylation sites (tertiary alicyclic amines) is 1. The number of hydrogen-bond acceptors (Lipinski definition) is 3. The normalized spacial score (nSPS) is 15.2. The summed E-state index contributed by atoms with van der Waals surface area (Å²) in [5.74, 6) is 0.210. The van der Waals surface area contributed by atoms with Crippen LogP contribution in [0.2, 0.25) is 5.02 Å². The lowest BCUT2D eigenvalue weighted by Gasteiger charge is -2.21. The van der Waals surface area contributed by atoms with Crippen molar-refractivity contribution in [1.29, 1.82) is 0 Å². The summed E-state index contributed by atoms with van der Waals surface area (Å²) in [7, 11) is 1.94. The number of rotatable bonds is 4. The van der Waals surface area contributed by atoms with E-state index in [2.05, 4.69) is 0 Å². The Bertz CT molecular complexity index is 458. The number of benzene rings is 1. The Morgan fingerprint density at radius 3 is 2.74 bits per heavy atom. The van der Waals surface area contributed by atoms with Gasteiger partial charge in [0.1, 0.15) is 0 Å². The van der Waals surface area contributed by atoms with Crippen LogP contribution in [0.15, 0.2) is 18.2 Å². The molecule has 0 unspecified atom stereocenters. The maximum absolute atomic E-state index is 12.0. The Morgan fingerprint density at radius 1 is 1.42 bits per heavy atom. The van der Waals surface area contributed by atoms with Gasteiger partial charge in [-0.1, -0.05) is 17.7 Å². The van der Waals surface area contributed by atoms with Crippen molar-refractivity contribution in [2.45, 2.75) is 19.4 Å². The zero-order valence-corrected chi connectivity index (χ0v) is 12.0. The van der Waals surface area contributed by atoms with E-state index in [1.54, 1.807) is 6.07 Å². The van der Waals surface area contributed by atoms with Gasteiger partial charge in [-0.15, -0.1) is 0 Å². The Kier molecular flexibility index (Phi) is 4.66. The highest BCUT2D eigenvalue weighted by Crippen LogP contribution is 2.20. The van der Waals surface area contributed by atoms with Gasteiger partial charge in [0.15, 0.2) is 0 Å². The quantitative estimate of drug-likeness (QED) is 0.859. The van der Waals surface area contributed by atoms with Crippen LogP contribution in [-0.2, 0) is 11.3 Å². The van der Waals surface area contributed by atoms with Gasteiger partial charge in [-0.25, -0.2) is 0 Å². The minimum absolute atomic E-state index is 0.210. The first-order valence-electron chi connectivity index (χ1n) is 6.56. The number of amides is 1. The Morgan fingerprint density at radius 2 is 2.11 bits per heavy atom. The molecule has 5 heteroatoms.